The van der Waals surface area contributed by atoms with Crippen LogP contribution in [0, 0.1) is 0 Å². The Morgan fingerprint density at radius 1 is 1.14 bits per heavy atom. The zero-order chi connectivity index (χ0) is 25.8. The van der Waals surface area contributed by atoms with Gasteiger partial charge < -0.3 is 19.4 Å². The zero-order valence-electron chi connectivity index (χ0n) is 20.4. The first-order chi connectivity index (χ1) is 17.1. The predicted molar refractivity (Wildman–Crippen MR) is 132 cm³/mol. The molecule has 2 aromatic heterocycles. The van der Waals surface area contributed by atoms with Crippen LogP contribution in [-0.2, 0) is 4.74 Å². The number of amides is 3. The second-order valence-corrected chi connectivity index (χ2v) is 10.3. The van der Waals surface area contributed by atoms with Crippen molar-refractivity contribution in [1.29, 1.82) is 0 Å². The number of aromatic amines is 1. The second kappa shape index (κ2) is 8.77. The minimum Gasteiger partial charge on any atom is -0.480 e. The highest BCUT2D eigenvalue weighted by atomic mass is 35.5. The monoisotopic (exact) mass is 511 g/mol. The minimum atomic E-state index is -0.583. The predicted octanol–water partition coefficient (Wildman–Crippen LogP) is 4.28. The summed E-state index contributed by atoms with van der Waals surface area (Å²) in [6.07, 6.45) is 2.13. The standard InChI is InChI=1S/C25H26ClN5O5/c1-25(2,3)36-24(34)30-9-6-13(7-10-30)31-22(32)14-11-17-18(12-15(14)23(31)33)29-20(28-17)19-16(26)5-8-27-21(19)35-4/h5,8,11-13H,6-7,9-10H2,1-4H3,(H,28,29). The molecule has 2 aliphatic rings. The lowest BCUT2D eigenvalue weighted by molar-refractivity contribution is 0.0156. The number of carbonyl (C=O) groups is 3. The number of benzene rings is 1. The number of hydrogen-bond acceptors (Lipinski definition) is 7. The van der Waals surface area contributed by atoms with Gasteiger partial charge in [0.2, 0.25) is 5.88 Å². The van der Waals surface area contributed by atoms with Crippen LogP contribution in [0.15, 0.2) is 24.4 Å². The number of pyridine rings is 1. The molecule has 188 valence electrons. The maximum atomic E-state index is 13.3. The molecule has 11 heteroatoms. The molecule has 5 rings (SSSR count). The summed E-state index contributed by atoms with van der Waals surface area (Å²) >= 11 is 6.36. The fraction of sp³-hybridized carbons (Fsp3) is 0.400. The molecule has 0 atom stereocenters. The van der Waals surface area contributed by atoms with E-state index >= 15 is 0 Å². The van der Waals surface area contributed by atoms with Crippen LogP contribution >= 0.6 is 11.6 Å². The molecular weight excluding hydrogens is 486 g/mol. The van der Waals surface area contributed by atoms with Gasteiger partial charge >= 0.3 is 6.09 Å². The number of aromatic nitrogens is 3. The third kappa shape index (κ3) is 4.15. The largest absolute Gasteiger partial charge is 0.480 e. The van der Waals surface area contributed by atoms with Crippen molar-refractivity contribution in [3.8, 4) is 17.3 Å². The molecule has 3 aromatic rings. The summed E-state index contributed by atoms with van der Waals surface area (Å²) in [5, 5.41) is 0.407. The highest BCUT2D eigenvalue weighted by Crippen LogP contribution is 2.36. The molecule has 1 aromatic carbocycles. The van der Waals surface area contributed by atoms with Crippen molar-refractivity contribution in [3.05, 3.63) is 40.5 Å². The molecule has 0 unspecified atom stereocenters. The molecule has 3 amide bonds. The maximum Gasteiger partial charge on any atom is 0.410 e. The van der Waals surface area contributed by atoms with Gasteiger partial charge in [0, 0.05) is 25.3 Å². The van der Waals surface area contributed by atoms with Crippen molar-refractivity contribution in [2.45, 2.75) is 45.3 Å². The van der Waals surface area contributed by atoms with Crippen LogP contribution in [0.1, 0.15) is 54.3 Å². The van der Waals surface area contributed by atoms with Crippen LogP contribution < -0.4 is 4.74 Å². The lowest BCUT2D eigenvalue weighted by Crippen LogP contribution is -2.49. The number of rotatable bonds is 3. The zero-order valence-corrected chi connectivity index (χ0v) is 21.2. The number of fused-ring (bicyclic) bond motifs is 2. The Labute approximate surface area is 212 Å². The van der Waals surface area contributed by atoms with E-state index in [4.69, 9.17) is 21.1 Å². The molecule has 0 aliphatic carbocycles. The Morgan fingerprint density at radius 3 is 2.44 bits per heavy atom. The highest BCUT2D eigenvalue weighted by molar-refractivity contribution is 6.33. The number of ether oxygens (including phenoxy) is 2. The van der Waals surface area contributed by atoms with Crippen molar-refractivity contribution in [2.75, 3.05) is 20.2 Å². The van der Waals surface area contributed by atoms with Crippen LogP contribution in [0.2, 0.25) is 5.02 Å². The summed E-state index contributed by atoms with van der Waals surface area (Å²) in [5.41, 5.74) is 1.66. The molecule has 0 radical (unpaired) electrons. The summed E-state index contributed by atoms with van der Waals surface area (Å²) in [5.74, 6) is 0.0370. The van der Waals surface area contributed by atoms with E-state index in [9.17, 15) is 14.4 Å². The van der Waals surface area contributed by atoms with Crippen LogP contribution in [0.4, 0.5) is 4.79 Å². The first-order valence-electron chi connectivity index (χ1n) is 11.7. The Morgan fingerprint density at radius 2 is 1.81 bits per heavy atom. The summed E-state index contributed by atoms with van der Waals surface area (Å²) in [7, 11) is 1.49. The van der Waals surface area contributed by atoms with Gasteiger partial charge in [-0.05, 0) is 51.8 Å². The SMILES string of the molecule is COc1nccc(Cl)c1-c1nc2cc3c(cc2[nH]1)C(=O)N(C1CCN(C(=O)OC(C)(C)C)CC1)C3=O. The first-order valence-corrected chi connectivity index (χ1v) is 12.0. The van der Waals surface area contributed by atoms with E-state index in [1.54, 1.807) is 23.1 Å². The van der Waals surface area contributed by atoms with Crippen molar-refractivity contribution in [2.24, 2.45) is 0 Å². The Bertz CT molecular complexity index is 1330. The van der Waals surface area contributed by atoms with Crippen LogP contribution in [0.5, 0.6) is 5.88 Å². The van der Waals surface area contributed by atoms with Crippen LogP contribution in [0.3, 0.4) is 0 Å². The number of nitrogens with one attached hydrogen (secondary N) is 1. The Balaban J connectivity index is 1.38. The van der Waals surface area contributed by atoms with Crippen molar-refractivity contribution in [3.63, 3.8) is 0 Å². The molecule has 0 bridgehead atoms. The molecule has 1 N–H and O–H groups in total. The minimum absolute atomic E-state index is 0.295. The van der Waals surface area contributed by atoms with Gasteiger partial charge in [0.05, 0.1) is 39.9 Å². The topological polar surface area (TPSA) is 118 Å². The van der Waals surface area contributed by atoms with Crippen molar-refractivity contribution in [1.82, 2.24) is 24.8 Å². The van der Waals surface area contributed by atoms with Gasteiger partial charge in [-0.15, -0.1) is 0 Å². The van der Waals surface area contributed by atoms with E-state index in [2.05, 4.69) is 15.0 Å². The number of imidazole rings is 1. The number of halogens is 1. The molecular formula is C25H26ClN5O5. The fourth-order valence-electron chi connectivity index (χ4n) is 4.64. The summed E-state index contributed by atoms with van der Waals surface area (Å²) < 4.78 is 10.8. The summed E-state index contributed by atoms with van der Waals surface area (Å²) in [4.78, 5) is 53.8. The maximum absolute atomic E-state index is 13.3. The molecule has 10 nitrogen and oxygen atoms in total. The average Bonchev–Trinajstić information content (AvgIpc) is 3.34. The lowest BCUT2D eigenvalue weighted by atomic mass is 10.0. The van der Waals surface area contributed by atoms with Crippen molar-refractivity contribution >= 4 is 40.5 Å². The number of methoxy groups -OCH3 is 1. The van der Waals surface area contributed by atoms with Gasteiger partial charge in [0.1, 0.15) is 11.4 Å². The fourth-order valence-corrected chi connectivity index (χ4v) is 4.86. The molecule has 2 aliphatic heterocycles. The quantitative estimate of drug-likeness (QED) is 0.521. The van der Waals surface area contributed by atoms with Gasteiger partial charge in [-0.1, -0.05) is 11.6 Å². The van der Waals surface area contributed by atoms with Gasteiger partial charge in [-0.3, -0.25) is 14.5 Å². The van der Waals surface area contributed by atoms with E-state index < -0.39 is 5.60 Å². The highest BCUT2D eigenvalue weighted by Gasteiger charge is 2.42. The van der Waals surface area contributed by atoms with E-state index in [1.807, 2.05) is 20.8 Å². The van der Waals surface area contributed by atoms with Crippen LogP contribution in [-0.4, -0.2) is 74.5 Å². The Hall–Kier alpha value is -3.66. The molecule has 0 spiro atoms. The first kappa shape index (κ1) is 24.1. The number of likely N-dealkylation sites (tertiary alicyclic amines) is 1. The molecule has 36 heavy (non-hydrogen) atoms. The number of imide groups is 1. The van der Waals surface area contributed by atoms with Gasteiger partial charge in [-0.2, -0.15) is 0 Å². The second-order valence-electron chi connectivity index (χ2n) is 9.86. The number of hydrogen-bond donors (Lipinski definition) is 1. The third-order valence-corrected chi connectivity index (χ3v) is 6.61. The van der Waals surface area contributed by atoms with Crippen molar-refractivity contribution < 1.29 is 23.9 Å². The molecule has 1 saturated heterocycles. The number of piperidine rings is 1. The number of H-pyrrole nitrogens is 1. The smallest absolute Gasteiger partial charge is 0.410 e. The summed E-state index contributed by atoms with van der Waals surface area (Å²) in [6, 6.07) is 4.60. The van der Waals surface area contributed by atoms with E-state index in [-0.39, 0.29) is 23.9 Å². The normalized spacial score (nSPS) is 16.6. The molecule has 0 saturated carbocycles. The van der Waals surface area contributed by atoms with Gasteiger partial charge in [-0.25, -0.2) is 14.8 Å². The number of nitrogens with zero attached hydrogens (tertiary/aromatic N) is 4. The average molecular weight is 512 g/mol. The van der Waals surface area contributed by atoms with Crippen LogP contribution in [0.25, 0.3) is 22.4 Å². The van der Waals surface area contributed by atoms with E-state index in [0.717, 1.165) is 0 Å². The van der Waals surface area contributed by atoms with E-state index in [1.165, 1.54) is 18.2 Å². The van der Waals surface area contributed by atoms with Gasteiger partial charge in [0.25, 0.3) is 11.8 Å². The third-order valence-electron chi connectivity index (χ3n) is 6.30. The molecule has 1 fully saturated rings. The summed E-state index contributed by atoms with van der Waals surface area (Å²) in [6.45, 7) is 6.27. The van der Waals surface area contributed by atoms with E-state index in [0.29, 0.717) is 70.4 Å². The Kier molecular flexibility index (Phi) is 5.86. The number of carbonyl (C=O) groups excluding carboxylic acids is 3. The van der Waals surface area contributed by atoms with Gasteiger partial charge in [0.15, 0.2) is 0 Å². The lowest BCUT2D eigenvalue weighted by Gasteiger charge is -2.36. The molecule has 4 heterocycles.